The van der Waals surface area contributed by atoms with Crippen molar-refractivity contribution >= 4 is 0 Å². The van der Waals surface area contributed by atoms with E-state index in [2.05, 4.69) is 51.4 Å². The second-order valence-corrected chi connectivity index (χ2v) is 6.13. The Morgan fingerprint density at radius 1 is 1.33 bits per heavy atom. The van der Waals surface area contributed by atoms with Crippen molar-refractivity contribution in [2.24, 2.45) is 11.3 Å². The molecule has 1 aliphatic heterocycles. The van der Waals surface area contributed by atoms with E-state index in [0.717, 1.165) is 5.92 Å². The number of piperidine rings is 1. The molecule has 0 bridgehead atoms. The second-order valence-electron chi connectivity index (χ2n) is 6.13. The first-order valence-electron chi connectivity index (χ1n) is 6.83. The lowest BCUT2D eigenvalue weighted by Crippen LogP contribution is -2.20. The molecule has 1 heterocycles. The normalized spacial score (nSPS) is 31.6. The Bertz CT molecular complexity index is 435. The predicted molar refractivity (Wildman–Crippen MR) is 79.5 cm³/mol. The zero-order chi connectivity index (χ0) is 13.3. The Balaban J connectivity index is 2.20. The van der Waals surface area contributed by atoms with Crippen LogP contribution in [-0.2, 0) is 0 Å². The molecule has 1 saturated carbocycles. The third-order valence-corrected chi connectivity index (χ3v) is 4.46. The summed E-state index contributed by atoms with van der Waals surface area (Å²) in [4.78, 5) is 2.47. The first kappa shape index (κ1) is 13.4. The smallest absolute Gasteiger partial charge is 0.00838 e. The minimum absolute atomic E-state index is 0.497. The van der Waals surface area contributed by atoms with E-state index in [1.54, 1.807) is 5.57 Å². The van der Waals surface area contributed by atoms with E-state index < -0.39 is 0 Å². The summed E-state index contributed by atoms with van der Waals surface area (Å²) in [5.41, 5.74) is 4.76. The largest absolute Gasteiger partial charge is 0.305 e. The van der Waals surface area contributed by atoms with Crippen molar-refractivity contribution in [3.05, 3.63) is 47.6 Å². The molecule has 0 aromatic rings. The second kappa shape index (κ2) is 4.89. The van der Waals surface area contributed by atoms with E-state index in [1.165, 1.54) is 30.7 Å². The molecule has 2 aliphatic rings. The molecular formula is C17H25N. The summed E-state index contributed by atoms with van der Waals surface area (Å²) in [5, 5.41) is 0. The van der Waals surface area contributed by atoms with Gasteiger partial charge in [0.25, 0.3) is 0 Å². The van der Waals surface area contributed by atoms with Gasteiger partial charge in [0.2, 0.25) is 0 Å². The van der Waals surface area contributed by atoms with E-state index in [4.69, 9.17) is 0 Å². The van der Waals surface area contributed by atoms with Crippen LogP contribution in [0.3, 0.4) is 0 Å². The molecule has 0 aromatic heterocycles. The summed E-state index contributed by atoms with van der Waals surface area (Å²) in [6, 6.07) is 0. The van der Waals surface area contributed by atoms with Crippen molar-refractivity contribution in [3.8, 4) is 0 Å². The van der Waals surface area contributed by atoms with E-state index in [1.807, 2.05) is 12.2 Å². The highest BCUT2D eigenvalue weighted by Gasteiger charge is 2.59. The Morgan fingerprint density at radius 3 is 2.56 bits per heavy atom. The Kier molecular flexibility index (Phi) is 3.63. The van der Waals surface area contributed by atoms with Gasteiger partial charge in [0.05, 0.1) is 0 Å². The van der Waals surface area contributed by atoms with Gasteiger partial charge >= 0.3 is 0 Å². The minimum Gasteiger partial charge on any atom is -0.305 e. The van der Waals surface area contributed by atoms with Gasteiger partial charge in [-0.05, 0) is 45.7 Å². The topological polar surface area (TPSA) is 3.24 Å². The van der Waals surface area contributed by atoms with Crippen LogP contribution in [0.25, 0.3) is 0 Å². The quantitative estimate of drug-likeness (QED) is 0.675. The number of allylic oxidation sites excluding steroid dienone is 6. The molecule has 0 aromatic carbocycles. The van der Waals surface area contributed by atoms with Crippen molar-refractivity contribution in [3.63, 3.8) is 0 Å². The van der Waals surface area contributed by atoms with Crippen molar-refractivity contribution < 1.29 is 0 Å². The molecule has 2 atom stereocenters. The van der Waals surface area contributed by atoms with Crippen LogP contribution in [0.2, 0.25) is 0 Å². The third-order valence-electron chi connectivity index (χ3n) is 4.46. The monoisotopic (exact) mass is 243 g/mol. The van der Waals surface area contributed by atoms with Crippen LogP contribution in [0, 0.1) is 11.3 Å². The van der Waals surface area contributed by atoms with Gasteiger partial charge < -0.3 is 4.90 Å². The fourth-order valence-corrected chi connectivity index (χ4v) is 3.25. The van der Waals surface area contributed by atoms with Crippen molar-refractivity contribution in [2.45, 2.75) is 27.2 Å². The molecule has 1 saturated heterocycles. The van der Waals surface area contributed by atoms with Gasteiger partial charge in [-0.25, -0.2) is 0 Å². The lowest BCUT2D eigenvalue weighted by atomic mass is 9.93. The molecule has 0 amide bonds. The van der Waals surface area contributed by atoms with Crippen LogP contribution in [0.4, 0.5) is 0 Å². The molecule has 1 nitrogen and oxygen atoms in total. The first-order chi connectivity index (χ1) is 8.49. The maximum Gasteiger partial charge on any atom is 0.00838 e. The van der Waals surface area contributed by atoms with Crippen LogP contribution in [0.15, 0.2) is 47.6 Å². The number of likely N-dealkylation sites (tertiary alicyclic amines) is 1. The van der Waals surface area contributed by atoms with Gasteiger partial charge in [0.15, 0.2) is 0 Å². The fourth-order valence-electron chi connectivity index (χ4n) is 3.25. The van der Waals surface area contributed by atoms with Gasteiger partial charge in [-0.3, -0.25) is 0 Å². The SMILES string of the molecule is C=C/C=C\C(/C=C(\C)C12CC1CN(C)C2)=C(C)C. The average molecular weight is 243 g/mol. The van der Waals surface area contributed by atoms with Gasteiger partial charge in [0, 0.05) is 18.5 Å². The van der Waals surface area contributed by atoms with Gasteiger partial charge in [-0.1, -0.05) is 42.0 Å². The highest BCUT2D eigenvalue weighted by atomic mass is 15.2. The molecule has 1 heteroatoms. The Labute approximate surface area is 112 Å². The first-order valence-corrected chi connectivity index (χ1v) is 6.83. The highest BCUT2D eigenvalue weighted by molar-refractivity contribution is 5.41. The van der Waals surface area contributed by atoms with E-state index in [-0.39, 0.29) is 0 Å². The van der Waals surface area contributed by atoms with Crippen LogP contribution < -0.4 is 0 Å². The van der Waals surface area contributed by atoms with Crippen molar-refractivity contribution in [2.75, 3.05) is 20.1 Å². The molecule has 2 fully saturated rings. The zero-order valence-electron chi connectivity index (χ0n) is 12.2. The van der Waals surface area contributed by atoms with Crippen LogP contribution >= 0.6 is 0 Å². The standard InChI is InChI=1S/C17H25N/c1-6-7-8-15(13(2)3)9-14(4)17-10-16(17)11-18(5)12-17/h6-9,16H,1,10-12H2,2-5H3/b8-7-,14-9+. The maximum absolute atomic E-state index is 3.74. The van der Waals surface area contributed by atoms with E-state index in [0.29, 0.717) is 5.41 Å². The lowest BCUT2D eigenvalue weighted by molar-refractivity contribution is 0.352. The van der Waals surface area contributed by atoms with Crippen LogP contribution in [-0.4, -0.2) is 25.0 Å². The van der Waals surface area contributed by atoms with Gasteiger partial charge in [-0.15, -0.1) is 0 Å². The highest BCUT2D eigenvalue weighted by Crippen LogP contribution is 2.61. The number of fused-ring (bicyclic) bond motifs is 1. The third kappa shape index (κ3) is 2.37. The van der Waals surface area contributed by atoms with E-state index >= 15 is 0 Å². The molecule has 2 rings (SSSR count). The molecule has 0 spiro atoms. The van der Waals surface area contributed by atoms with Crippen molar-refractivity contribution in [1.29, 1.82) is 0 Å². The van der Waals surface area contributed by atoms with Crippen molar-refractivity contribution in [1.82, 2.24) is 4.90 Å². The van der Waals surface area contributed by atoms with Crippen LogP contribution in [0.5, 0.6) is 0 Å². The fraction of sp³-hybridized carbons (Fsp3) is 0.529. The zero-order valence-corrected chi connectivity index (χ0v) is 12.2. The number of hydrogen-bond acceptors (Lipinski definition) is 1. The summed E-state index contributed by atoms with van der Waals surface area (Å²) in [7, 11) is 2.24. The number of hydrogen-bond donors (Lipinski definition) is 0. The number of nitrogens with zero attached hydrogens (tertiary/aromatic N) is 1. The predicted octanol–water partition coefficient (Wildman–Crippen LogP) is 3.96. The number of rotatable bonds is 4. The van der Waals surface area contributed by atoms with E-state index in [9.17, 15) is 0 Å². The summed E-state index contributed by atoms with van der Waals surface area (Å²) >= 11 is 0. The molecule has 18 heavy (non-hydrogen) atoms. The molecule has 0 N–H and O–H groups in total. The minimum atomic E-state index is 0.497. The molecule has 2 unspecified atom stereocenters. The molecule has 98 valence electrons. The van der Waals surface area contributed by atoms with Gasteiger partial charge in [0.1, 0.15) is 0 Å². The summed E-state index contributed by atoms with van der Waals surface area (Å²) in [6.07, 6.45) is 9.80. The summed E-state index contributed by atoms with van der Waals surface area (Å²) < 4.78 is 0. The molecule has 1 aliphatic carbocycles. The average Bonchev–Trinajstić information content (AvgIpc) is 2.88. The van der Waals surface area contributed by atoms with Crippen LogP contribution in [0.1, 0.15) is 27.2 Å². The maximum atomic E-state index is 3.74. The summed E-state index contributed by atoms with van der Waals surface area (Å²) in [6.45, 7) is 12.9. The summed E-state index contributed by atoms with van der Waals surface area (Å²) in [5.74, 6) is 0.903. The van der Waals surface area contributed by atoms with Gasteiger partial charge in [-0.2, -0.15) is 0 Å². The lowest BCUT2D eigenvalue weighted by Gasteiger charge is -2.17. The molecular weight excluding hydrogens is 218 g/mol. The Hall–Kier alpha value is -1.08. The molecule has 0 radical (unpaired) electrons. The Morgan fingerprint density at radius 2 is 2.06 bits per heavy atom.